The molecular weight excluding hydrogens is 463 g/mol. The summed E-state index contributed by atoms with van der Waals surface area (Å²) in [6.45, 7) is 4.90. The number of nitrogens with zero attached hydrogens (tertiary/aromatic N) is 1. The highest BCUT2D eigenvalue weighted by molar-refractivity contribution is 5.79. The number of aliphatic carboxylic acids is 1. The van der Waals surface area contributed by atoms with Crippen molar-refractivity contribution >= 4 is 11.7 Å². The molecule has 0 bridgehead atoms. The molecule has 0 aromatic heterocycles. The van der Waals surface area contributed by atoms with E-state index < -0.39 is 23.6 Å². The summed E-state index contributed by atoms with van der Waals surface area (Å²) >= 11 is 0. The summed E-state index contributed by atoms with van der Waals surface area (Å²) in [6, 6.07) is 22.1. The summed E-state index contributed by atoms with van der Waals surface area (Å²) in [6.07, 6.45) is -3.15. The number of carbonyl (C=O) groups is 1. The van der Waals surface area contributed by atoms with Crippen LogP contribution in [0.5, 0.6) is 0 Å². The molecule has 2 atom stereocenters. The number of rotatable bonds is 7. The summed E-state index contributed by atoms with van der Waals surface area (Å²) in [4.78, 5) is 14.4. The largest absolute Gasteiger partial charge is 0.481 e. The van der Waals surface area contributed by atoms with E-state index in [2.05, 4.69) is 4.90 Å². The number of anilines is 1. The van der Waals surface area contributed by atoms with Gasteiger partial charge in [0, 0.05) is 24.7 Å². The predicted octanol–water partition coefficient (Wildman–Crippen LogP) is 7.97. The van der Waals surface area contributed by atoms with Crippen LogP contribution in [0, 0.1) is 5.92 Å². The van der Waals surface area contributed by atoms with Gasteiger partial charge in [0.15, 0.2) is 0 Å². The summed E-state index contributed by atoms with van der Waals surface area (Å²) < 4.78 is 44.3. The summed E-state index contributed by atoms with van der Waals surface area (Å²) in [5, 5.41) is 10.0. The number of piperidine rings is 1. The zero-order chi connectivity index (χ0) is 25.9. The third kappa shape index (κ3) is 5.75. The van der Waals surface area contributed by atoms with Crippen molar-refractivity contribution in [1.29, 1.82) is 0 Å². The van der Waals surface area contributed by atoms with Crippen LogP contribution in [0.3, 0.4) is 0 Å². The average Bonchev–Trinajstić information content (AvgIpc) is 2.87. The Morgan fingerprint density at radius 1 is 1.00 bits per heavy atom. The van der Waals surface area contributed by atoms with Gasteiger partial charge in [0.05, 0.1) is 11.5 Å². The van der Waals surface area contributed by atoms with Crippen LogP contribution >= 0.6 is 0 Å². The van der Waals surface area contributed by atoms with Crippen LogP contribution in [0.15, 0.2) is 72.8 Å². The van der Waals surface area contributed by atoms with Crippen molar-refractivity contribution in [1.82, 2.24) is 0 Å². The number of hydrogen-bond acceptors (Lipinski definition) is 2. The minimum absolute atomic E-state index is 0.0701. The van der Waals surface area contributed by atoms with Crippen LogP contribution < -0.4 is 4.90 Å². The smallest absolute Gasteiger partial charge is 0.416 e. The molecule has 3 aromatic carbocycles. The fourth-order valence-corrected chi connectivity index (χ4v) is 5.35. The topological polar surface area (TPSA) is 40.5 Å². The number of halogens is 3. The molecule has 0 spiro atoms. The lowest BCUT2D eigenvalue weighted by atomic mass is 9.78. The number of carboxylic acids is 1. The highest BCUT2D eigenvalue weighted by Crippen LogP contribution is 2.46. The molecule has 190 valence electrons. The second-order valence-corrected chi connectivity index (χ2v) is 10.0. The van der Waals surface area contributed by atoms with Gasteiger partial charge in [-0.1, -0.05) is 68.4 Å². The van der Waals surface area contributed by atoms with E-state index in [4.69, 9.17) is 0 Å². The molecule has 4 rings (SSSR count). The molecule has 0 saturated carbocycles. The lowest BCUT2D eigenvalue weighted by molar-refractivity contribution is -0.142. The van der Waals surface area contributed by atoms with Gasteiger partial charge in [0.1, 0.15) is 0 Å². The molecule has 36 heavy (non-hydrogen) atoms. The van der Waals surface area contributed by atoms with Crippen LogP contribution in [0.2, 0.25) is 0 Å². The average molecular weight is 496 g/mol. The van der Waals surface area contributed by atoms with E-state index in [0.717, 1.165) is 24.2 Å². The quantitative estimate of drug-likeness (QED) is 0.361. The van der Waals surface area contributed by atoms with Gasteiger partial charge in [-0.05, 0) is 65.6 Å². The van der Waals surface area contributed by atoms with Gasteiger partial charge in [-0.3, -0.25) is 4.79 Å². The molecule has 1 heterocycles. The zero-order valence-corrected chi connectivity index (χ0v) is 20.6. The highest BCUT2D eigenvalue weighted by Gasteiger charge is 2.42. The van der Waals surface area contributed by atoms with E-state index in [9.17, 15) is 23.1 Å². The Labute approximate surface area is 210 Å². The van der Waals surface area contributed by atoms with Crippen molar-refractivity contribution in [3.63, 3.8) is 0 Å². The molecule has 0 amide bonds. The van der Waals surface area contributed by atoms with Crippen molar-refractivity contribution in [2.75, 3.05) is 18.0 Å². The molecule has 1 N–H and O–H groups in total. The lowest BCUT2D eigenvalue weighted by Gasteiger charge is -2.36. The number of hydrogen-bond donors (Lipinski definition) is 1. The van der Waals surface area contributed by atoms with Crippen molar-refractivity contribution in [2.45, 2.75) is 51.1 Å². The Morgan fingerprint density at radius 3 is 2.22 bits per heavy atom. The minimum Gasteiger partial charge on any atom is -0.481 e. The second-order valence-electron chi connectivity index (χ2n) is 10.0. The van der Waals surface area contributed by atoms with Gasteiger partial charge < -0.3 is 10.0 Å². The van der Waals surface area contributed by atoms with Gasteiger partial charge in [-0.15, -0.1) is 0 Å². The second kappa shape index (κ2) is 10.8. The monoisotopic (exact) mass is 495 g/mol. The molecule has 6 heteroatoms. The maximum absolute atomic E-state index is 14.8. The van der Waals surface area contributed by atoms with Crippen molar-refractivity contribution in [2.24, 2.45) is 5.92 Å². The van der Waals surface area contributed by atoms with Crippen LogP contribution in [-0.2, 0) is 11.0 Å². The standard InChI is InChI=1S/C30H32F3NO2/c1-20(2)16-27(29(35)36)26-18-23(21-10-5-3-6-11-21)17-25(28(26)30(31,32)33)22-12-9-15-34(19-22)24-13-7-4-8-14-24/h3-8,10-11,13-14,17-18,20,22,27H,9,12,15-16,19H2,1-2H3,(H,35,36). The van der Waals surface area contributed by atoms with Crippen LogP contribution in [0.1, 0.15) is 61.6 Å². The maximum atomic E-state index is 14.8. The minimum atomic E-state index is -4.67. The summed E-state index contributed by atoms with van der Waals surface area (Å²) in [7, 11) is 0. The number of carboxylic acid groups (broad SMARTS) is 1. The number of benzene rings is 3. The van der Waals surface area contributed by atoms with E-state index in [0.29, 0.717) is 18.5 Å². The first-order valence-corrected chi connectivity index (χ1v) is 12.5. The van der Waals surface area contributed by atoms with E-state index in [1.165, 1.54) is 6.07 Å². The fourth-order valence-electron chi connectivity index (χ4n) is 5.35. The van der Waals surface area contributed by atoms with Crippen LogP contribution in [-0.4, -0.2) is 24.2 Å². The number of para-hydroxylation sites is 1. The third-order valence-electron chi connectivity index (χ3n) is 6.95. The SMILES string of the molecule is CC(C)CC(C(=O)O)c1cc(-c2ccccc2)cc(C2CCCN(c3ccccc3)C2)c1C(F)(F)F. The Bertz CT molecular complexity index is 1180. The number of alkyl halides is 3. The first-order valence-electron chi connectivity index (χ1n) is 12.5. The lowest BCUT2D eigenvalue weighted by Crippen LogP contribution is -2.35. The molecule has 1 aliphatic heterocycles. The fraction of sp³-hybridized carbons (Fsp3) is 0.367. The Kier molecular flexibility index (Phi) is 7.72. The molecule has 1 saturated heterocycles. The Morgan fingerprint density at radius 2 is 1.64 bits per heavy atom. The zero-order valence-electron chi connectivity index (χ0n) is 20.6. The van der Waals surface area contributed by atoms with Gasteiger partial charge in [0.2, 0.25) is 0 Å². The van der Waals surface area contributed by atoms with E-state index in [1.54, 1.807) is 6.07 Å². The molecule has 3 nitrogen and oxygen atoms in total. The first kappa shape index (κ1) is 25.8. The van der Waals surface area contributed by atoms with E-state index >= 15 is 0 Å². The third-order valence-corrected chi connectivity index (χ3v) is 6.95. The van der Waals surface area contributed by atoms with Crippen molar-refractivity contribution in [3.05, 3.63) is 89.5 Å². The molecule has 3 aromatic rings. The van der Waals surface area contributed by atoms with Gasteiger partial charge >= 0.3 is 12.1 Å². The normalized spacial score (nSPS) is 17.3. The van der Waals surface area contributed by atoms with Gasteiger partial charge in [-0.25, -0.2) is 0 Å². The summed E-state index contributed by atoms with van der Waals surface area (Å²) in [5.74, 6) is -2.90. The van der Waals surface area contributed by atoms with Crippen molar-refractivity contribution < 1.29 is 23.1 Å². The summed E-state index contributed by atoms with van der Waals surface area (Å²) in [5.41, 5.74) is 1.69. The molecule has 1 fully saturated rings. The van der Waals surface area contributed by atoms with Gasteiger partial charge in [0.25, 0.3) is 0 Å². The van der Waals surface area contributed by atoms with Crippen LogP contribution in [0.4, 0.5) is 18.9 Å². The molecule has 1 aliphatic rings. The highest BCUT2D eigenvalue weighted by atomic mass is 19.4. The Balaban J connectivity index is 1.91. The maximum Gasteiger partial charge on any atom is 0.416 e. The Hall–Kier alpha value is -3.28. The van der Waals surface area contributed by atoms with Crippen molar-refractivity contribution in [3.8, 4) is 11.1 Å². The molecule has 0 aliphatic carbocycles. The molecular formula is C30H32F3NO2. The predicted molar refractivity (Wildman–Crippen MR) is 137 cm³/mol. The first-order chi connectivity index (χ1) is 17.1. The molecule has 2 unspecified atom stereocenters. The molecule has 0 radical (unpaired) electrons. The van der Waals surface area contributed by atoms with Crippen LogP contribution in [0.25, 0.3) is 11.1 Å². The van der Waals surface area contributed by atoms with Gasteiger partial charge in [-0.2, -0.15) is 13.2 Å². The van der Waals surface area contributed by atoms with E-state index in [-0.39, 0.29) is 29.4 Å². The van der Waals surface area contributed by atoms with E-state index in [1.807, 2.05) is 74.5 Å².